The largest absolute Gasteiger partial charge is 0.349 e. The van der Waals surface area contributed by atoms with E-state index >= 15 is 0 Å². The molecular formula is C20H20N2O2S. The summed E-state index contributed by atoms with van der Waals surface area (Å²) in [5.74, 6) is -0.156. The summed E-state index contributed by atoms with van der Waals surface area (Å²) in [5, 5.41) is 5.65. The highest BCUT2D eigenvalue weighted by atomic mass is 32.2. The number of rotatable bonds is 3. The van der Waals surface area contributed by atoms with Crippen LogP contribution in [-0.2, 0) is 16.0 Å². The molecule has 0 saturated heterocycles. The van der Waals surface area contributed by atoms with Crippen molar-refractivity contribution in [2.24, 2.45) is 0 Å². The van der Waals surface area contributed by atoms with Crippen molar-refractivity contribution in [3.05, 3.63) is 59.7 Å². The second kappa shape index (κ2) is 6.92. The van der Waals surface area contributed by atoms with E-state index in [0.29, 0.717) is 0 Å². The van der Waals surface area contributed by atoms with Crippen LogP contribution in [0.15, 0.2) is 53.4 Å². The molecule has 0 spiro atoms. The highest BCUT2D eigenvalue weighted by Crippen LogP contribution is 2.37. The molecule has 5 heteroatoms. The van der Waals surface area contributed by atoms with Gasteiger partial charge in [-0.3, -0.25) is 9.59 Å². The standard InChI is InChI=1S/C20H20N2O2S/c23-19(21-15-10-5-7-13-6-1-2-8-14(13)15)12-18-20(24)22-16-9-3-4-11-17(16)25-18/h1-4,6,8-9,11,15,18H,5,7,10,12H2,(H,21,23)(H,22,24). The number of thioether (sulfide) groups is 1. The van der Waals surface area contributed by atoms with E-state index in [2.05, 4.69) is 22.8 Å². The maximum atomic E-state index is 12.5. The lowest BCUT2D eigenvalue weighted by atomic mass is 9.87. The van der Waals surface area contributed by atoms with E-state index in [1.165, 1.54) is 22.9 Å². The number of anilines is 1. The smallest absolute Gasteiger partial charge is 0.238 e. The summed E-state index contributed by atoms with van der Waals surface area (Å²) in [5.41, 5.74) is 3.36. The Kier molecular flexibility index (Phi) is 4.49. The van der Waals surface area contributed by atoms with Crippen molar-refractivity contribution in [1.29, 1.82) is 0 Å². The third-order valence-corrected chi connectivity index (χ3v) is 6.06. The minimum Gasteiger partial charge on any atom is -0.349 e. The van der Waals surface area contributed by atoms with E-state index in [0.717, 1.165) is 29.8 Å². The lowest BCUT2D eigenvalue weighted by molar-refractivity contribution is -0.124. The van der Waals surface area contributed by atoms with Crippen LogP contribution in [0.25, 0.3) is 0 Å². The molecule has 2 aliphatic rings. The van der Waals surface area contributed by atoms with Gasteiger partial charge in [0.1, 0.15) is 0 Å². The predicted octanol–water partition coefficient (Wildman–Crippen LogP) is 3.68. The Labute approximate surface area is 151 Å². The van der Waals surface area contributed by atoms with Gasteiger partial charge in [0.25, 0.3) is 0 Å². The van der Waals surface area contributed by atoms with Gasteiger partial charge in [-0.2, -0.15) is 0 Å². The minimum atomic E-state index is -0.381. The Balaban J connectivity index is 1.43. The number of nitrogens with one attached hydrogen (secondary N) is 2. The third kappa shape index (κ3) is 3.42. The minimum absolute atomic E-state index is 0.0568. The van der Waals surface area contributed by atoms with Crippen LogP contribution in [-0.4, -0.2) is 17.1 Å². The maximum Gasteiger partial charge on any atom is 0.238 e. The molecule has 2 aromatic rings. The lowest BCUT2D eigenvalue weighted by Crippen LogP contribution is -2.37. The molecule has 1 aliphatic heterocycles. The van der Waals surface area contributed by atoms with Crippen molar-refractivity contribution in [3.63, 3.8) is 0 Å². The number of amides is 2. The second-order valence-corrected chi connectivity index (χ2v) is 7.75. The average molecular weight is 352 g/mol. The average Bonchev–Trinajstić information content (AvgIpc) is 2.63. The molecule has 2 unspecified atom stereocenters. The van der Waals surface area contributed by atoms with Crippen LogP contribution in [0.1, 0.15) is 36.4 Å². The number of hydrogen-bond donors (Lipinski definition) is 2. The summed E-state index contributed by atoms with van der Waals surface area (Å²) >= 11 is 1.47. The predicted molar refractivity (Wildman–Crippen MR) is 99.6 cm³/mol. The van der Waals surface area contributed by atoms with Crippen LogP contribution in [0.3, 0.4) is 0 Å². The summed E-state index contributed by atoms with van der Waals surface area (Å²) in [6.45, 7) is 0. The number of carbonyl (C=O) groups is 2. The highest BCUT2D eigenvalue weighted by Gasteiger charge is 2.30. The van der Waals surface area contributed by atoms with Gasteiger partial charge in [0.2, 0.25) is 11.8 Å². The van der Waals surface area contributed by atoms with Gasteiger partial charge in [-0.15, -0.1) is 11.8 Å². The van der Waals surface area contributed by atoms with Gasteiger partial charge in [-0.25, -0.2) is 0 Å². The van der Waals surface area contributed by atoms with E-state index in [4.69, 9.17) is 0 Å². The van der Waals surface area contributed by atoms with Crippen LogP contribution in [0.5, 0.6) is 0 Å². The van der Waals surface area contributed by atoms with Crippen molar-refractivity contribution in [2.75, 3.05) is 5.32 Å². The molecule has 4 nitrogen and oxygen atoms in total. The Morgan fingerprint density at radius 3 is 2.88 bits per heavy atom. The van der Waals surface area contributed by atoms with Gasteiger partial charge in [0.15, 0.2) is 0 Å². The number of para-hydroxylation sites is 1. The van der Waals surface area contributed by atoms with Crippen molar-refractivity contribution >= 4 is 29.3 Å². The van der Waals surface area contributed by atoms with Gasteiger partial charge in [-0.1, -0.05) is 36.4 Å². The molecule has 1 heterocycles. The molecule has 0 saturated carbocycles. The molecule has 0 bridgehead atoms. The summed E-state index contributed by atoms with van der Waals surface area (Å²) < 4.78 is 0. The number of hydrogen-bond acceptors (Lipinski definition) is 3. The zero-order valence-electron chi connectivity index (χ0n) is 13.8. The molecule has 25 heavy (non-hydrogen) atoms. The molecule has 2 N–H and O–H groups in total. The Morgan fingerprint density at radius 1 is 1.16 bits per heavy atom. The Bertz CT molecular complexity index is 821. The summed E-state index contributed by atoms with van der Waals surface area (Å²) in [6.07, 6.45) is 3.30. The topological polar surface area (TPSA) is 58.2 Å². The number of benzene rings is 2. The lowest BCUT2D eigenvalue weighted by Gasteiger charge is -2.28. The number of fused-ring (bicyclic) bond motifs is 2. The van der Waals surface area contributed by atoms with Crippen LogP contribution in [0, 0.1) is 0 Å². The van der Waals surface area contributed by atoms with E-state index in [1.807, 2.05) is 36.4 Å². The first kappa shape index (κ1) is 16.2. The maximum absolute atomic E-state index is 12.5. The quantitative estimate of drug-likeness (QED) is 0.886. The highest BCUT2D eigenvalue weighted by molar-refractivity contribution is 8.01. The first-order chi connectivity index (χ1) is 12.2. The molecule has 4 rings (SSSR count). The first-order valence-electron chi connectivity index (χ1n) is 8.64. The molecular weight excluding hydrogens is 332 g/mol. The van der Waals surface area contributed by atoms with Crippen LogP contribution in [0.2, 0.25) is 0 Å². The fourth-order valence-corrected chi connectivity index (χ4v) is 4.66. The number of aryl methyl sites for hydroxylation is 1. The van der Waals surface area contributed by atoms with Crippen LogP contribution in [0.4, 0.5) is 5.69 Å². The van der Waals surface area contributed by atoms with Gasteiger partial charge >= 0.3 is 0 Å². The Morgan fingerprint density at radius 2 is 1.96 bits per heavy atom. The van der Waals surface area contributed by atoms with Gasteiger partial charge in [-0.05, 0) is 42.5 Å². The molecule has 128 valence electrons. The molecule has 2 amide bonds. The second-order valence-electron chi connectivity index (χ2n) is 6.51. The van der Waals surface area contributed by atoms with E-state index in [1.54, 1.807) is 0 Å². The zero-order chi connectivity index (χ0) is 17.2. The molecule has 2 aromatic carbocycles. The SMILES string of the molecule is O=C(CC1Sc2ccccc2NC1=O)NC1CCCc2ccccc21. The summed E-state index contributed by atoms with van der Waals surface area (Å²) in [7, 11) is 0. The van der Waals surface area contributed by atoms with Gasteiger partial charge in [0, 0.05) is 11.3 Å². The van der Waals surface area contributed by atoms with Gasteiger partial charge < -0.3 is 10.6 Å². The normalized spacial score (nSPS) is 21.7. The van der Waals surface area contributed by atoms with Crippen LogP contribution >= 0.6 is 11.8 Å². The van der Waals surface area contributed by atoms with Crippen molar-refractivity contribution < 1.29 is 9.59 Å². The van der Waals surface area contributed by atoms with E-state index in [-0.39, 0.29) is 29.5 Å². The zero-order valence-corrected chi connectivity index (χ0v) is 14.6. The van der Waals surface area contributed by atoms with Crippen molar-refractivity contribution in [2.45, 2.75) is 41.9 Å². The number of carbonyl (C=O) groups excluding carboxylic acids is 2. The first-order valence-corrected chi connectivity index (χ1v) is 9.52. The van der Waals surface area contributed by atoms with E-state index in [9.17, 15) is 9.59 Å². The van der Waals surface area contributed by atoms with Crippen molar-refractivity contribution in [3.8, 4) is 0 Å². The molecule has 0 fully saturated rings. The molecule has 2 atom stereocenters. The summed E-state index contributed by atoms with van der Waals surface area (Å²) in [4.78, 5) is 25.8. The third-order valence-electron chi connectivity index (χ3n) is 4.78. The fraction of sp³-hybridized carbons (Fsp3) is 0.300. The molecule has 1 aliphatic carbocycles. The summed E-state index contributed by atoms with van der Waals surface area (Å²) in [6, 6.07) is 16.0. The van der Waals surface area contributed by atoms with Gasteiger partial charge in [0.05, 0.1) is 17.0 Å². The monoisotopic (exact) mass is 352 g/mol. The van der Waals surface area contributed by atoms with Crippen molar-refractivity contribution in [1.82, 2.24) is 5.32 Å². The fourth-order valence-electron chi connectivity index (χ4n) is 3.55. The molecule has 0 radical (unpaired) electrons. The van der Waals surface area contributed by atoms with Crippen LogP contribution < -0.4 is 10.6 Å². The molecule has 0 aromatic heterocycles. The van der Waals surface area contributed by atoms with E-state index < -0.39 is 0 Å². The Hall–Kier alpha value is -2.27.